The van der Waals surface area contributed by atoms with Gasteiger partial charge in [-0.05, 0) is 43.2 Å². The molecule has 2 N–H and O–H groups in total. The van der Waals surface area contributed by atoms with Crippen molar-refractivity contribution in [2.24, 2.45) is 0 Å². The van der Waals surface area contributed by atoms with Crippen LogP contribution in [0.2, 0.25) is 5.02 Å². The molecule has 0 unspecified atom stereocenters. The van der Waals surface area contributed by atoms with E-state index in [0.717, 1.165) is 16.9 Å². The van der Waals surface area contributed by atoms with E-state index in [1.54, 1.807) is 18.2 Å². The van der Waals surface area contributed by atoms with E-state index in [2.05, 4.69) is 10.6 Å². The second kappa shape index (κ2) is 8.45. The number of rotatable bonds is 6. The van der Waals surface area contributed by atoms with E-state index in [9.17, 15) is 4.79 Å². The third-order valence-corrected chi connectivity index (χ3v) is 3.75. The summed E-state index contributed by atoms with van der Waals surface area (Å²) in [5, 5.41) is 5.89. The maximum Gasteiger partial charge on any atom is 0.319 e. The number of urea groups is 1. The van der Waals surface area contributed by atoms with Gasteiger partial charge in [-0.15, -0.1) is 0 Å². The third-order valence-electron chi connectivity index (χ3n) is 3.45. The van der Waals surface area contributed by atoms with Crippen molar-refractivity contribution in [2.75, 3.05) is 25.6 Å². The summed E-state index contributed by atoms with van der Waals surface area (Å²) in [6.07, 6.45) is 0. The Labute approximate surface area is 146 Å². The van der Waals surface area contributed by atoms with Gasteiger partial charge in [-0.1, -0.05) is 29.8 Å². The molecule has 2 aromatic rings. The Hall–Kier alpha value is -2.40. The van der Waals surface area contributed by atoms with Crippen LogP contribution in [0.15, 0.2) is 36.4 Å². The summed E-state index contributed by atoms with van der Waals surface area (Å²) in [5.74, 6) is 1.42. The summed E-state index contributed by atoms with van der Waals surface area (Å²) in [6, 6.07) is 10.7. The Morgan fingerprint density at radius 2 is 1.88 bits per heavy atom. The molecule has 0 atom stereocenters. The van der Waals surface area contributed by atoms with Gasteiger partial charge in [0.1, 0.15) is 18.1 Å². The van der Waals surface area contributed by atoms with E-state index >= 15 is 0 Å². The molecule has 24 heavy (non-hydrogen) atoms. The summed E-state index contributed by atoms with van der Waals surface area (Å²) in [5.41, 5.74) is 2.74. The molecule has 0 aliphatic heterocycles. The van der Waals surface area contributed by atoms with E-state index in [4.69, 9.17) is 21.1 Å². The van der Waals surface area contributed by atoms with Crippen molar-refractivity contribution in [1.82, 2.24) is 5.32 Å². The lowest BCUT2D eigenvalue weighted by Crippen LogP contribution is -2.32. The standard InChI is InChI=1S/C18H21ClN2O3/c1-12-5-4-6-13(2)17(12)24-10-9-20-18(22)21-14-7-8-16(23-3)15(19)11-14/h4-8,11H,9-10H2,1-3H3,(H2,20,21,22). The fraction of sp³-hybridized carbons (Fsp3) is 0.278. The molecule has 0 spiro atoms. The van der Waals surface area contributed by atoms with Crippen molar-refractivity contribution in [2.45, 2.75) is 13.8 Å². The van der Waals surface area contributed by atoms with Crippen LogP contribution in [0.3, 0.4) is 0 Å². The summed E-state index contributed by atoms with van der Waals surface area (Å²) < 4.78 is 10.8. The van der Waals surface area contributed by atoms with Crippen LogP contribution in [0.5, 0.6) is 11.5 Å². The van der Waals surface area contributed by atoms with Crippen molar-refractivity contribution in [3.05, 3.63) is 52.5 Å². The lowest BCUT2D eigenvalue weighted by Gasteiger charge is -2.13. The van der Waals surface area contributed by atoms with Crippen molar-refractivity contribution >= 4 is 23.3 Å². The molecular weight excluding hydrogens is 328 g/mol. The minimum absolute atomic E-state index is 0.318. The number of nitrogens with one attached hydrogen (secondary N) is 2. The minimum atomic E-state index is -0.318. The normalized spacial score (nSPS) is 10.2. The van der Waals surface area contributed by atoms with Gasteiger partial charge in [0.2, 0.25) is 0 Å². The fourth-order valence-corrected chi connectivity index (χ4v) is 2.52. The van der Waals surface area contributed by atoms with E-state index in [-0.39, 0.29) is 6.03 Å². The fourth-order valence-electron chi connectivity index (χ4n) is 2.26. The highest BCUT2D eigenvalue weighted by atomic mass is 35.5. The van der Waals surface area contributed by atoms with Crippen LogP contribution in [0.1, 0.15) is 11.1 Å². The molecule has 6 heteroatoms. The molecule has 0 saturated carbocycles. The number of aryl methyl sites for hydroxylation is 2. The number of ether oxygens (including phenoxy) is 2. The molecule has 2 aromatic carbocycles. The largest absolute Gasteiger partial charge is 0.495 e. The first-order valence-corrected chi connectivity index (χ1v) is 7.96. The second-order valence-electron chi connectivity index (χ2n) is 5.30. The average molecular weight is 349 g/mol. The summed E-state index contributed by atoms with van der Waals surface area (Å²) >= 11 is 6.02. The number of methoxy groups -OCH3 is 1. The number of halogens is 1. The Morgan fingerprint density at radius 1 is 1.17 bits per heavy atom. The Morgan fingerprint density at radius 3 is 2.50 bits per heavy atom. The van der Waals surface area contributed by atoms with E-state index < -0.39 is 0 Å². The Balaban J connectivity index is 1.78. The topological polar surface area (TPSA) is 59.6 Å². The number of benzene rings is 2. The van der Waals surface area contributed by atoms with Crippen LogP contribution in [0, 0.1) is 13.8 Å². The van der Waals surface area contributed by atoms with Crippen LogP contribution in [0.4, 0.5) is 10.5 Å². The smallest absolute Gasteiger partial charge is 0.319 e. The van der Waals surface area contributed by atoms with E-state index in [0.29, 0.717) is 29.6 Å². The molecule has 2 amide bonds. The van der Waals surface area contributed by atoms with E-state index in [1.165, 1.54) is 7.11 Å². The highest BCUT2D eigenvalue weighted by molar-refractivity contribution is 6.32. The van der Waals surface area contributed by atoms with Crippen molar-refractivity contribution in [1.29, 1.82) is 0 Å². The summed E-state index contributed by atoms with van der Waals surface area (Å²) in [6.45, 7) is 4.78. The number of anilines is 1. The second-order valence-corrected chi connectivity index (χ2v) is 5.71. The van der Waals surface area contributed by atoms with Gasteiger partial charge in [-0.25, -0.2) is 4.79 Å². The molecule has 0 aliphatic carbocycles. The molecule has 0 radical (unpaired) electrons. The van der Waals surface area contributed by atoms with Crippen molar-refractivity contribution < 1.29 is 14.3 Å². The van der Waals surface area contributed by atoms with Crippen molar-refractivity contribution in [3.63, 3.8) is 0 Å². The van der Waals surface area contributed by atoms with Gasteiger partial charge in [0.15, 0.2) is 0 Å². The van der Waals surface area contributed by atoms with Gasteiger partial charge in [0.05, 0.1) is 18.7 Å². The lowest BCUT2D eigenvalue weighted by atomic mass is 10.1. The summed E-state index contributed by atoms with van der Waals surface area (Å²) in [7, 11) is 1.54. The first-order chi connectivity index (χ1) is 11.5. The molecule has 0 fully saturated rings. The monoisotopic (exact) mass is 348 g/mol. The summed E-state index contributed by atoms with van der Waals surface area (Å²) in [4.78, 5) is 11.9. The molecular formula is C18H21ClN2O3. The maximum absolute atomic E-state index is 11.9. The molecule has 0 aromatic heterocycles. The highest BCUT2D eigenvalue weighted by Crippen LogP contribution is 2.27. The van der Waals surface area contributed by atoms with Gasteiger partial charge in [0, 0.05) is 5.69 Å². The number of hydrogen-bond donors (Lipinski definition) is 2. The zero-order valence-electron chi connectivity index (χ0n) is 14.0. The van der Waals surface area contributed by atoms with Gasteiger partial charge in [0.25, 0.3) is 0 Å². The molecule has 2 rings (SSSR count). The molecule has 5 nitrogen and oxygen atoms in total. The van der Waals surface area contributed by atoms with Crippen LogP contribution in [-0.4, -0.2) is 26.3 Å². The minimum Gasteiger partial charge on any atom is -0.495 e. The van der Waals surface area contributed by atoms with Crippen LogP contribution < -0.4 is 20.1 Å². The Bertz CT molecular complexity index is 699. The molecule has 0 bridgehead atoms. The number of para-hydroxylation sites is 1. The predicted molar refractivity (Wildman–Crippen MR) is 96.4 cm³/mol. The van der Waals surface area contributed by atoms with Gasteiger partial charge in [-0.2, -0.15) is 0 Å². The first-order valence-electron chi connectivity index (χ1n) is 7.58. The average Bonchev–Trinajstić information content (AvgIpc) is 2.54. The first kappa shape index (κ1) is 17.9. The number of carbonyl (C=O) groups excluding carboxylic acids is 1. The quantitative estimate of drug-likeness (QED) is 0.770. The lowest BCUT2D eigenvalue weighted by molar-refractivity contribution is 0.247. The molecule has 0 aliphatic rings. The maximum atomic E-state index is 11.9. The number of carbonyl (C=O) groups is 1. The SMILES string of the molecule is COc1ccc(NC(=O)NCCOc2c(C)cccc2C)cc1Cl. The number of amides is 2. The van der Waals surface area contributed by atoms with Crippen LogP contribution in [0.25, 0.3) is 0 Å². The zero-order chi connectivity index (χ0) is 17.5. The predicted octanol–water partition coefficient (Wildman–Crippen LogP) is 4.17. The van der Waals surface area contributed by atoms with Crippen molar-refractivity contribution in [3.8, 4) is 11.5 Å². The zero-order valence-corrected chi connectivity index (χ0v) is 14.7. The Kier molecular flexibility index (Phi) is 6.32. The van der Waals surface area contributed by atoms with E-state index in [1.807, 2.05) is 32.0 Å². The van der Waals surface area contributed by atoms with Gasteiger partial charge in [-0.3, -0.25) is 0 Å². The molecule has 0 heterocycles. The van der Waals surface area contributed by atoms with Gasteiger partial charge >= 0.3 is 6.03 Å². The van der Waals surface area contributed by atoms with Crippen LogP contribution >= 0.6 is 11.6 Å². The van der Waals surface area contributed by atoms with Gasteiger partial charge < -0.3 is 20.1 Å². The van der Waals surface area contributed by atoms with Crippen LogP contribution in [-0.2, 0) is 0 Å². The third kappa shape index (κ3) is 4.80. The highest BCUT2D eigenvalue weighted by Gasteiger charge is 2.06. The number of hydrogen-bond acceptors (Lipinski definition) is 3. The molecule has 0 saturated heterocycles. The molecule has 128 valence electrons.